The van der Waals surface area contributed by atoms with Gasteiger partial charge in [-0.15, -0.1) is 11.6 Å². The van der Waals surface area contributed by atoms with Crippen LogP contribution in [0, 0.1) is 0 Å². The summed E-state index contributed by atoms with van der Waals surface area (Å²) in [4.78, 5) is 30.0. The maximum atomic E-state index is 13.8. The summed E-state index contributed by atoms with van der Waals surface area (Å²) in [6.07, 6.45) is -7.38. The molecule has 12 heteroatoms. The number of nitrogens with one attached hydrogen (secondary N) is 1. The smallest absolute Gasteiger partial charge is 0.335 e. The third-order valence-electron chi connectivity index (χ3n) is 6.88. The maximum Gasteiger partial charge on any atom is 0.335 e. The number of anilines is 2. The van der Waals surface area contributed by atoms with E-state index in [1.807, 2.05) is 12.1 Å². The molecule has 0 spiro atoms. The van der Waals surface area contributed by atoms with Crippen LogP contribution in [-0.2, 0) is 9.53 Å². The number of ether oxygens (including phenoxy) is 2. The Labute approximate surface area is 233 Å². The molecule has 2 heterocycles. The third kappa shape index (κ3) is 5.05. The molecule has 5 rings (SSSR count). The molecule has 1 aromatic heterocycles. The van der Waals surface area contributed by atoms with E-state index in [1.165, 1.54) is 6.92 Å². The number of aromatic amines is 1. The van der Waals surface area contributed by atoms with Gasteiger partial charge in [-0.1, -0.05) is 24.3 Å². The van der Waals surface area contributed by atoms with E-state index >= 15 is 0 Å². The Bertz CT molecular complexity index is 1590. The highest BCUT2D eigenvalue weighted by molar-refractivity contribution is 6.19. The van der Waals surface area contributed by atoms with Crippen molar-refractivity contribution in [3.8, 4) is 5.75 Å². The lowest BCUT2D eigenvalue weighted by molar-refractivity contribution is -0.247. The van der Waals surface area contributed by atoms with Gasteiger partial charge in [-0.3, -0.25) is 4.79 Å². The van der Waals surface area contributed by atoms with Crippen molar-refractivity contribution in [2.75, 3.05) is 23.1 Å². The van der Waals surface area contributed by atoms with Gasteiger partial charge in [-0.25, -0.2) is 4.79 Å². The van der Waals surface area contributed by atoms with Crippen LogP contribution in [0.4, 0.5) is 11.4 Å². The van der Waals surface area contributed by atoms with Crippen LogP contribution in [0.15, 0.2) is 54.6 Å². The van der Waals surface area contributed by atoms with Crippen molar-refractivity contribution in [2.24, 2.45) is 0 Å². The molecule has 3 aromatic carbocycles. The Morgan fingerprint density at radius 2 is 1.85 bits per heavy atom. The number of hydrogen-bond donors (Lipinski definition) is 6. The first-order valence-electron chi connectivity index (χ1n) is 12.5. The third-order valence-corrected chi connectivity index (χ3v) is 7.26. The van der Waals surface area contributed by atoms with Crippen LogP contribution in [0.25, 0.3) is 21.7 Å². The first-order valence-corrected chi connectivity index (χ1v) is 13.0. The van der Waals surface area contributed by atoms with Crippen molar-refractivity contribution in [3.63, 3.8) is 0 Å². The Hall–Kier alpha value is -3.87. The normalized spacial score (nSPS) is 17.2. The Morgan fingerprint density at radius 1 is 1.12 bits per heavy atom. The monoisotopic (exact) mass is 569 g/mol. The molecule has 11 nitrogen and oxygen atoms in total. The van der Waals surface area contributed by atoms with Crippen LogP contribution in [0.5, 0.6) is 5.75 Å². The van der Waals surface area contributed by atoms with E-state index in [0.717, 1.165) is 21.9 Å². The first-order chi connectivity index (χ1) is 19.1. The number of halogens is 1. The number of carbonyl (C=O) groups excluding carboxylic acids is 1. The van der Waals surface area contributed by atoms with E-state index < -0.39 is 30.8 Å². The quantitative estimate of drug-likeness (QED) is 0.100. The number of benzene rings is 3. The van der Waals surface area contributed by atoms with E-state index in [9.17, 15) is 30.0 Å². The van der Waals surface area contributed by atoms with Crippen molar-refractivity contribution < 1.29 is 39.5 Å². The minimum absolute atomic E-state index is 0.111. The van der Waals surface area contributed by atoms with Gasteiger partial charge in [0.25, 0.3) is 12.2 Å². The minimum atomic E-state index is -2.25. The first kappa shape index (κ1) is 27.7. The van der Waals surface area contributed by atoms with Gasteiger partial charge in [0.1, 0.15) is 11.4 Å². The Morgan fingerprint density at radius 3 is 2.50 bits per heavy atom. The number of nitrogen functional groups attached to an aromatic ring is 1. The summed E-state index contributed by atoms with van der Waals surface area (Å²) in [5.41, 5.74) is 8.86. The summed E-state index contributed by atoms with van der Waals surface area (Å²) < 4.78 is 11.1. The Kier molecular flexibility index (Phi) is 7.58. The second-order valence-corrected chi connectivity index (χ2v) is 9.99. The zero-order valence-corrected chi connectivity index (χ0v) is 22.1. The number of nitrogens with zero attached hydrogens (tertiary/aromatic N) is 1. The highest BCUT2D eigenvalue weighted by Crippen LogP contribution is 2.46. The maximum absolute atomic E-state index is 13.8. The lowest BCUT2D eigenvalue weighted by Gasteiger charge is -2.27. The van der Waals surface area contributed by atoms with Crippen molar-refractivity contribution in [1.29, 1.82) is 0 Å². The SMILES string of the molecule is CC(O)C(OC(Oc1cc2c(c3ccccc13)C(CCl)CN2C(=O)c1cc2cc(N)ccc2[nH]1)C(O)O)C(=O)O. The summed E-state index contributed by atoms with van der Waals surface area (Å²) in [6.45, 7) is 1.48. The number of aliphatic hydroxyl groups is 3. The van der Waals surface area contributed by atoms with Gasteiger partial charge in [0.2, 0.25) is 6.29 Å². The molecule has 0 radical (unpaired) electrons. The number of carboxylic acids is 1. The minimum Gasteiger partial charge on any atom is -0.479 e. The molecule has 7 N–H and O–H groups in total. The van der Waals surface area contributed by atoms with E-state index in [2.05, 4.69) is 4.98 Å². The highest BCUT2D eigenvalue weighted by Gasteiger charge is 2.37. The standard InChI is InChI=1S/C28H28ClN3O8/c1-13(33)24(26(35)36)40-28(27(37)38)39-22-10-21-23(18-5-3-2-4-17(18)22)15(11-29)12-32(21)25(34)20-9-14-8-16(30)6-7-19(14)31-20/h2-10,13,15,24,27-28,31,33,37-38H,11-12,30H2,1H3,(H,35,36). The molecular formula is C28H28ClN3O8. The fourth-order valence-electron chi connectivity index (χ4n) is 5.05. The average molecular weight is 570 g/mol. The number of alkyl halides is 1. The second-order valence-electron chi connectivity index (χ2n) is 9.69. The second kappa shape index (κ2) is 11.0. The summed E-state index contributed by atoms with van der Waals surface area (Å²) in [7, 11) is 0. The number of carboxylic acid groups (broad SMARTS) is 1. The number of hydrogen-bond acceptors (Lipinski definition) is 8. The van der Waals surface area contributed by atoms with E-state index in [0.29, 0.717) is 22.5 Å². The van der Waals surface area contributed by atoms with Crippen LogP contribution in [0.2, 0.25) is 0 Å². The van der Waals surface area contributed by atoms with E-state index in [1.54, 1.807) is 47.4 Å². The number of carbonyl (C=O) groups is 2. The molecule has 210 valence electrons. The summed E-state index contributed by atoms with van der Waals surface area (Å²) >= 11 is 6.36. The number of aromatic nitrogens is 1. The summed E-state index contributed by atoms with van der Waals surface area (Å²) in [5, 5.41) is 41.2. The number of nitrogens with two attached hydrogens (primary N) is 1. The van der Waals surface area contributed by atoms with Gasteiger partial charge in [-0.05, 0) is 42.1 Å². The molecular weight excluding hydrogens is 542 g/mol. The molecule has 0 bridgehead atoms. The molecule has 40 heavy (non-hydrogen) atoms. The average Bonchev–Trinajstić information content (AvgIpc) is 3.51. The molecule has 1 aliphatic heterocycles. The molecule has 4 unspecified atom stereocenters. The van der Waals surface area contributed by atoms with Gasteiger partial charge < -0.3 is 45.5 Å². The van der Waals surface area contributed by atoms with Crippen molar-refractivity contribution >= 4 is 56.5 Å². The van der Waals surface area contributed by atoms with Crippen molar-refractivity contribution in [1.82, 2.24) is 4.98 Å². The fraction of sp³-hybridized carbons (Fsp3) is 0.286. The van der Waals surface area contributed by atoms with Gasteiger partial charge in [-0.2, -0.15) is 0 Å². The molecule has 4 aromatic rings. The number of amides is 1. The lowest BCUT2D eigenvalue weighted by Crippen LogP contribution is -2.44. The number of rotatable bonds is 9. The zero-order chi connectivity index (χ0) is 28.7. The topological polar surface area (TPSA) is 179 Å². The number of aliphatic carboxylic acids is 1. The number of fused-ring (bicyclic) bond motifs is 4. The highest BCUT2D eigenvalue weighted by atomic mass is 35.5. The van der Waals surface area contributed by atoms with E-state index in [-0.39, 0.29) is 30.0 Å². The predicted octanol–water partition coefficient (Wildman–Crippen LogP) is 2.75. The van der Waals surface area contributed by atoms with E-state index in [4.69, 9.17) is 26.8 Å². The van der Waals surface area contributed by atoms with Crippen LogP contribution in [0.1, 0.15) is 28.9 Å². The largest absolute Gasteiger partial charge is 0.479 e. The van der Waals surface area contributed by atoms with Gasteiger partial charge in [0.05, 0.1) is 11.8 Å². The van der Waals surface area contributed by atoms with Crippen LogP contribution >= 0.6 is 11.6 Å². The predicted molar refractivity (Wildman–Crippen MR) is 149 cm³/mol. The van der Waals surface area contributed by atoms with Crippen molar-refractivity contribution in [3.05, 3.63) is 65.9 Å². The molecule has 0 fully saturated rings. The van der Waals surface area contributed by atoms with Crippen LogP contribution in [0.3, 0.4) is 0 Å². The number of H-pyrrole nitrogens is 1. The Balaban J connectivity index is 1.58. The van der Waals surface area contributed by atoms with Gasteiger partial charge in [0, 0.05) is 46.4 Å². The molecule has 1 aliphatic rings. The molecule has 0 saturated heterocycles. The molecule has 0 saturated carbocycles. The summed E-state index contributed by atoms with van der Waals surface area (Å²) in [5.74, 6) is -1.69. The molecule has 1 amide bonds. The van der Waals surface area contributed by atoms with Crippen molar-refractivity contribution in [2.45, 2.75) is 37.6 Å². The lowest BCUT2D eigenvalue weighted by atomic mass is 9.95. The number of aliphatic hydroxyl groups excluding tert-OH is 2. The fourth-order valence-corrected chi connectivity index (χ4v) is 5.30. The summed E-state index contributed by atoms with van der Waals surface area (Å²) in [6, 6.07) is 15.7. The van der Waals surface area contributed by atoms with Gasteiger partial charge >= 0.3 is 5.97 Å². The van der Waals surface area contributed by atoms with Crippen LogP contribution < -0.4 is 15.4 Å². The van der Waals surface area contributed by atoms with Crippen LogP contribution in [-0.4, -0.2) is 74.5 Å². The van der Waals surface area contributed by atoms with Gasteiger partial charge in [0.15, 0.2) is 6.10 Å². The zero-order valence-electron chi connectivity index (χ0n) is 21.3. The molecule has 4 atom stereocenters. The molecule has 0 aliphatic carbocycles.